The fraction of sp³-hybridized carbons (Fsp3) is 0. The van der Waals surface area contributed by atoms with E-state index in [4.69, 9.17) is 0 Å². The van der Waals surface area contributed by atoms with Crippen molar-refractivity contribution in [1.29, 1.82) is 0 Å². The minimum absolute atomic E-state index is 0.851. The Morgan fingerprint density at radius 3 is 3.00 bits per heavy atom. The fourth-order valence-electron chi connectivity index (χ4n) is 1.35. The van der Waals surface area contributed by atoms with Crippen molar-refractivity contribution < 1.29 is 0 Å². The Morgan fingerprint density at radius 1 is 1.08 bits per heavy atom. The minimum Gasteiger partial charge on any atom is -0.236 e. The number of nitrogens with zero attached hydrogens (tertiary/aromatic N) is 2. The summed E-state index contributed by atoms with van der Waals surface area (Å²) in [5, 5.41) is 0. The Kier molecular flexibility index (Phi) is 1.34. The van der Waals surface area contributed by atoms with E-state index in [1.807, 2.05) is 24.3 Å². The summed E-state index contributed by atoms with van der Waals surface area (Å²) < 4.78 is 1.21. The molecule has 2 aliphatic rings. The topological polar surface area (TPSA) is 25.8 Å². The number of benzene rings is 1. The van der Waals surface area contributed by atoms with E-state index in [1.165, 1.54) is 4.70 Å². The molecule has 3 heteroatoms. The second-order valence-electron chi connectivity index (χ2n) is 2.81. The van der Waals surface area contributed by atoms with Crippen LogP contribution in [0.1, 0.15) is 0 Å². The van der Waals surface area contributed by atoms with Gasteiger partial charge >= 0.3 is 0 Å². The second kappa shape index (κ2) is 2.50. The van der Waals surface area contributed by atoms with Crippen LogP contribution in [0.5, 0.6) is 0 Å². The predicted molar refractivity (Wildman–Crippen MR) is 54.0 cm³/mol. The first kappa shape index (κ1) is 6.97. The summed E-state index contributed by atoms with van der Waals surface area (Å²) in [6.45, 7) is 0. The highest BCUT2D eigenvalue weighted by atomic mass is 32.1. The second-order valence-corrected chi connectivity index (χ2v) is 3.90. The molecule has 0 fully saturated rings. The molecular formula is C10H6N2S. The molecule has 0 amide bonds. The Labute approximate surface area is 79.2 Å². The summed E-state index contributed by atoms with van der Waals surface area (Å²) in [5.41, 5.74) is 1.03. The van der Waals surface area contributed by atoms with E-state index in [9.17, 15) is 0 Å². The lowest BCUT2D eigenvalue weighted by molar-refractivity contribution is 1.29. The van der Waals surface area contributed by atoms with Gasteiger partial charge in [0.2, 0.25) is 0 Å². The van der Waals surface area contributed by atoms with Gasteiger partial charge in [-0.25, -0.2) is 9.97 Å². The maximum absolute atomic E-state index is 4.44. The molecule has 0 saturated carbocycles. The molecule has 0 radical (unpaired) electrons. The third kappa shape index (κ3) is 1.01. The quantitative estimate of drug-likeness (QED) is 0.539. The van der Waals surface area contributed by atoms with Crippen LogP contribution in [0, 0.1) is 0 Å². The van der Waals surface area contributed by atoms with E-state index in [0.717, 1.165) is 16.2 Å². The van der Waals surface area contributed by atoms with Gasteiger partial charge in [-0.3, -0.25) is 0 Å². The standard InChI is InChI=1S/C10H6N2S/c1-2-4-8-7(3-1)12-10-9(13-8)5-6-11-10/h1-6H. The number of fused-ring (bicyclic) bond motifs is 2. The Hall–Kier alpha value is -1.48. The number of hydrogen-bond donors (Lipinski definition) is 0. The zero-order chi connectivity index (χ0) is 8.67. The average Bonchev–Trinajstić information content (AvgIpc) is 2.61. The molecule has 2 nitrogen and oxygen atoms in total. The SMILES string of the molecule is c1ccc2sc3ccnc-3nc2c1. The number of rotatable bonds is 0. The van der Waals surface area contributed by atoms with Crippen LogP contribution >= 0.6 is 11.3 Å². The van der Waals surface area contributed by atoms with Gasteiger partial charge in [-0.15, -0.1) is 11.3 Å². The highest BCUT2D eigenvalue weighted by Gasteiger charge is 2.06. The Bertz CT molecular complexity index is 483. The van der Waals surface area contributed by atoms with Crippen LogP contribution in [0.4, 0.5) is 0 Å². The van der Waals surface area contributed by atoms with Crippen molar-refractivity contribution >= 4 is 21.6 Å². The van der Waals surface area contributed by atoms with Crippen molar-refractivity contribution in [3.63, 3.8) is 0 Å². The van der Waals surface area contributed by atoms with Gasteiger partial charge in [-0.05, 0) is 18.2 Å². The van der Waals surface area contributed by atoms with Crippen LogP contribution in [0.3, 0.4) is 0 Å². The molecule has 2 heterocycles. The summed E-state index contributed by atoms with van der Waals surface area (Å²) in [7, 11) is 0. The molecule has 0 atom stereocenters. The van der Waals surface area contributed by atoms with Gasteiger partial charge in [0.15, 0.2) is 5.82 Å². The lowest BCUT2D eigenvalue weighted by atomic mass is 10.3. The normalized spacial score (nSPS) is 11.1. The molecule has 0 spiro atoms. The molecule has 0 aliphatic carbocycles. The van der Waals surface area contributed by atoms with Gasteiger partial charge in [0.05, 0.1) is 15.1 Å². The monoisotopic (exact) mass is 186 g/mol. The molecular weight excluding hydrogens is 180 g/mol. The first-order valence-corrected chi connectivity index (χ1v) is 4.85. The third-order valence-electron chi connectivity index (χ3n) is 1.95. The molecule has 0 N–H and O–H groups in total. The predicted octanol–water partition coefficient (Wildman–Crippen LogP) is 2.80. The van der Waals surface area contributed by atoms with Crippen molar-refractivity contribution in [2.24, 2.45) is 0 Å². The van der Waals surface area contributed by atoms with Crippen molar-refractivity contribution in [1.82, 2.24) is 9.97 Å². The summed E-state index contributed by atoms with van der Waals surface area (Å²) in [6, 6.07) is 10.1. The van der Waals surface area contributed by atoms with Crippen molar-refractivity contribution in [2.45, 2.75) is 0 Å². The van der Waals surface area contributed by atoms with E-state index in [0.29, 0.717) is 0 Å². The molecule has 2 aliphatic heterocycles. The van der Waals surface area contributed by atoms with Crippen molar-refractivity contribution in [3.8, 4) is 10.7 Å². The molecule has 1 aromatic carbocycles. The lowest BCUT2D eigenvalue weighted by Gasteiger charge is -1.98. The number of para-hydroxylation sites is 1. The zero-order valence-corrected chi connectivity index (χ0v) is 7.58. The van der Waals surface area contributed by atoms with Gasteiger partial charge in [-0.2, -0.15) is 0 Å². The molecule has 1 aromatic rings. The highest BCUT2D eigenvalue weighted by Crippen LogP contribution is 2.28. The van der Waals surface area contributed by atoms with Crippen LogP contribution < -0.4 is 0 Å². The van der Waals surface area contributed by atoms with Gasteiger partial charge < -0.3 is 0 Å². The number of hydrogen-bond acceptors (Lipinski definition) is 3. The Morgan fingerprint density at radius 2 is 2.00 bits per heavy atom. The molecule has 0 unspecified atom stereocenters. The van der Waals surface area contributed by atoms with E-state index in [2.05, 4.69) is 16.0 Å². The first-order chi connectivity index (χ1) is 6.43. The largest absolute Gasteiger partial charge is 0.236 e. The van der Waals surface area contributed by atoms with Gasteiger partial charge in [0.25, 0.3) is 0 Å². The minimum atomic E-state index is 0.851. The zero-order valence-electron chi connectivity index (χ0n) is 6.77. The van der Waals surface area contributed by atoms with Crippen LogP contribution in [-0.2, 0) is 0 Å². The Balaban J connectivity index is 2.52. The van der Waals surface area contributed by atoms with E-state index < -0.39 is 0 Å². The van der Waals surface area contributed by atoms with Crippen LogP contribution in [-0.4, -0.2) is 9.97 Å². The van der Waals surface area contributed by atoms with Gasteiger partial charge in [0, 0.05) is 6.20 Å². The summed E-state index contributed by atoms with van der Waals surface area (Å²) in [6.07, 6.45) is 1.80. The lowest BCUT2D eigenvalue weighted by Crippen LogP contribution is -1.82. The maximum Gasteiger partial charge on any atom is 0.170 e. The van der Waals surface area contributed by atoms with E-state index >= 15 is 0 Å². The van der Waals surface area contributed by atoms with Crippen molar-refractivity contribution in [3.05, 3.63) is 36.5 Å². The maximum atomic E-state index is 4.44. The highest BCUT2D eigenvalue weighted by molar-refractivity contribution is 7.21. The summed E-state index contributed by atoms with van der Waals surface area (Å²) >= 11 is 1.73. The van der Waals surface area contributed by atoms with E-state index in [-0.39, 0.29) is 0 Å². The molecule has 0 aromatic heterocycles. The van der Waals surface area contributed by atoms with Crippen molar-refractivity contribution in [2.75, 3.05) is 0 Å². The number of aromatic nitrogens is 2. The van der Waals surface area contributed by atoms with E-state index in [1.54, 1.807) is 17.5 Å². The van der Waals surface area contributed by atoms with Gasteiger partial charge in [0.1, 0.15) is 0 Å². The molecule has 3 rings (SSSR count). The van der Waals surface area contributed by atoms with Crippen LogP contribution in [0.2, 0.25) is 0 Å². The summed E-state index contributed by atoms with van der Waals surface area (Å²) in [4.78, 5) is 9.76. The van der Waals surface area contributed by atoms with Crippen LogP contribution in [0.15, 0.2) is 36.5 Å². The fourth-order valence-corrected chi connectivity index (χ4v) is 2.27. The first-order valence-electron chi connectivity index (χ1n) is 4.04. The summed E-state index contributed by atoms with van der Waals surface area (Å²) in [5.74, 6) is 0.851. The molecule has 0 saturated heterocycles. The molecule has 0 bridgehead atoms. The third-order valence-corrected chi connectivity index (χ3v) is 3.06. The molecule has 62 valence electrons. The average molecular weight is 186 g/mol. The van der Waals surface area contributed by atoms with Crippen LogP contribution in [0.25, 0.3) is 20.9 Å². The smallest absolute Gasteiger partial charge is 0.170 e. The van der Waals surface area contributed by atoms with Gasteiger partial charge in [-0.1, -0.05) is 12.1 Å². The molecule has 13 heavy (non-hydrogen) atoms.